The number of halogens is 3. The highest BCUT2D eigenvalue weighted by Gasteiger charge is 2.27. The summed E-state index contributed by atoms with van der Waals surface area (Å²) in [5.41, 5.74) is 1.23. The number of rotatable bonds is 2. The summed E-state index contributed by atoms with van der Waals surface area (Å²) in [6, 6.07) is 11.8. The zero-order valence-corrected chi connectivity index (χ0v) is 16.3. The van der Waals surface area contributed by atoms with E-state index in [1.807, 2.05) is 6.92 Å². The number of hydrogen-bond donors (Lipinski definition) is 1. The number of amides is 2. The molecule has 2 aromatic rings. The lowest BCUT2D eigenvalue weighted by molar-refractivity contribution is 0.259. The smallest absolute Gasteiger partial charge is 0.307 e. The highest BCUT2D eigenvalue weighted by molar-refractivity contribution is 8.14. The van der Waals surface area contributed by atoms with E-state index in [9.17, 15) is 4.79 Å². The van der Waals surface area contributed by atoms with Gasteiger partial charge in [0.15, 0.2) is 5.17 Å². The third-order valence-corrected chi connectivity index (χ3v) is 5.62. The van der Waals surface area contributed by atoms with E-state index >= 15 is 0 Å². The first-order valence-electron chi connectivity index (χ1n) is 7.46. The first kappa shape index (κ1) is 18.4. The largest absolute Gasteiger partial charge is 0.332 e. The maximum Gasteiger partial charge on any atom is 0.332 e. The second-order valence-electron chi connectivity index (χ2n) is 5.44. The van der Waals surface area contributed by atoms with Crippen molar-refractivity contribution in [3.63, 3.8) is 0 Å². The summed E-state index contributed by atoms with van der Waals surface area (Å²) < 4.78 is 0. The van der Waals surface area contributed by atoms with Crippen LogP contribution in [-0.2, 0) is 0 Å². The van der Waals surface area contributed by atoms with Gasteiger partial charge in [0.05, 0.1) is 21.8 Å². The number of carbonyl (C=O) groups is 1. The SMILES string of the molecule is C[C@@H]1CSC(N(C(=O)Nc2ccc(Cl)c(Cl)c2)c2ccc(Cl)cc2)=N1. The Morgan fingerprint density at radius 2 is 1.88 bits per heavy atom. The molecule has 0 saturated carbocycles. The first-order chi connectivity index (χ1) is 11.9. The fourth-order valence-corrected chi connectivity index (χ4v) is 3.70. The highest BCUT2D eigenvalue weighted by Crippen LogP contribution is 2.29. The molecular weight excluding hydrogens is 401 g/mol. The number of anilines is 2. The van der Waals surface area contributed by atoms with Crippen molar-refractivity contribution in [2.24, 2.45) is 4.99 Å². The number of carbonyl (C=O) groups excluding carboxylic acids is 1. The van der Waals surface area contributed by atoms with E-state index in [0.717, 1.165) is 5.75 Å². The molecule has 1 aliphatic rings. The molecule has 0 bridgehead atoms. The molecule has 1 N–H and O–H groups in total. The Labute approximate surface area is 165 Å². The minimum Gasteiger partial charge on any atom is -0.307 e. The van der Waals surface area contributed by atoms with Gasteiger partial charge in [-0.2, -0.15) is 0 Å². The average Bonchev–Trinajstić information content (AvgIpc) is 2.99. The van der Waals surface area contributed by atoms with Gasteiger partial charge >= 0.3 is 6.03 Å². The van der Waals surface area contributed by atoms with Crippen molar-refractivity contribution in [2.75, 3.05) is 16.0 Å². The fourth-order valence-electron chi connectivity index (χ4n) is 2.24. The molecule has 130 valence electrons. The third kappa shape index (κ3) is 4.42. The van der Waals surface area contributed by atoms with Crippen LogP contribution >= 0.6 is 46.6 Å². The predicted molar refractivity (Wildman–Crippen MR) is 109 cm³/mol. The molecule has 0 aliphatic carbocycles. The van der Waals surface area contributed by atoms with Gasteiger partial charge in [-0.15, -0.1) is 0 Å². The number of aliphatic imine (C=N–C) groups is 1. The zero-order valence-electron chi connectivity index (χ0n) is 13.2. The lowest BCUT2D eigenvalue weighted by Gasteiger charge is -2.22. The second-order valence-corrected chi connectivity index (χ2v) is 7.68. The summed E-state index contributed by atoms with van der Waals surface area (Å²) in [4.78, 5) is 19.0. The van der Waals surface area contributed by atoms with E-state index in [-0.39, 0.29) is 12.1 Å². The summed E-state index contributed by atoms with van der Waals surface area (Å²) in [5, 5.41) is 4.88. The molecule has 1 atom stereocenters. The molecular formula is C17H14Cl3N3OS. The van der Waals surface area contributed by atoms with Gasteiger partial charge in [0, 0.05) is 16.5 Å². The Morgan fingerprint density at radius 3 is 2.48 bits per heavy atom. The Hall–Kier alpha value is -1.40. The molecule has 0 radical (unpaired) electrons. The number of nitrogens with zero attached hydrogens (tertiary/aromatic N) is 2. The molecule has 0 saturated heterocycles. The fraction of sp³-hybridized carbons (Fsp3) is 0.176. The van der Waals surface area contributed by atoms with Crippen LogP contribution in [0.3, 0.4) is 0 Å². The Morgan fingerprint density at radius 1 is 1.16 bits per heavy atom. The van der Waals surface area contributed by atoms with Crippen molar-refractivity contribution in [3.05, 3.63) is 57.5 Å². The Balaban J connectivity index is 1.90. The van der Waals surface area contributed by atoms with Crippen molar-refractivity contribution < 1.29 is 4.79 Å². The molecule has 25 heavy (non-hydrogen) atoms. The molecule has 0 unspecified atom stereocenters. The minimum atomic E-state index is -0.332. The molecule has 0 aromatic heterocycles. The number of thioether (sulfide) groups is 1. The Kier molecular flexibility index (Phi) is 5.79. The molecule has 3 rings (SSSR count). The number of nitrogens with one attached hydrogen (secondary N) is 1. The van der Waals surface area contributed by atoms with Gasteiger partial charge in [-0.1, -0.05) is 46.6 Å². The van der Waals surface area contributed by atoms with Gasteiger partial charge in [-0.05, 0) is 49.4 Å². The monoisotopic (exact) mass is 413 g/mol. The lowest BCUT2D eigenvalue weighted by Crippen LogP contribution is -2.38. The predicted octanol–water partition coefficient (Wildman–Crippen LogP) is 6.18. The summed E-state index contributed by atoms with van der Waals surface area (Å²) in [6.07, 6.45) is 0. The van der Waals surface area contributed by atoms with Crippen molar-refractivity contribution in [1.82, 2.24) is 0 Å². The van der Waals surface area contributed by atoms with Gasteiger partial charge in [0.25, 0.3) is 0 Å². The van der Waals surface area contributed by atoms with Crippen LogP contribution in [0.2, 0.25) is 15.1 Å². The van der Waals surface area contributed by atoms with Gasteiger partial charge in [0.2, 0.25) is 0 Å². The number of amidine groups is 1. The highest BCUT2D eigenvalue weighted by atomic mass is 35.5. The summed E-state index contributed by atoms with van der Waals surface area (Å²) in [6.45, 7) is 2.01. The van der Waals surface area contributed by atoms with Crippen LogP contribution in [0.1, 0.15) is 6.92 Å². The Bertz CT molecular complexity index is 826. The number of urea groups is 1. The van der Waals surface area contributed by atoms with Crippen molar-refractivity contribution in [3.8, 4) is 0 Å². The quantitative estimate of drug-likeness (QED) is 0.638. The molecule has 0 fully saturated rings. The zero-order chi connectivity index (χ0) is 18.0. The van der Waals surface area contributed by atoms with Gasteiger partial charge < -0.3 is 5.32 Å². The minimum absolute atomic E-state index is 0.160. The van der Waals surface area contributed by atoms with Gasteiger partial charge in [0.1, 0.15) is 0 Å². The van der Waals surface area contributed by atoms with Crippen molar-refractivity contribution >= 4 is 69.1 Å². The van der Waals surface area contributed by atoms with Crippen LogP contribution in [0.4, 0.5) is 16.2 Å². The van der Waals surface area contributed by atoms with E-state index in [0.29, 0.717) is 31.6 Å². The van der Waals surface area contributed by atoms with E-state index in [1.54, 1.807) is 42.5 Å². The molecule has 0 spiro atoms. The third-order valence-electron chi connectivity index (χ3n) is 3.43. The standard InChI is InChI=1S/C17H14Cl3N3OS/c1-10-9-25-17(21-10)23(13-5-2-11(18)3-6-13)16(24)22-12-4-7-14(19)15(20)8-12/h2-8,10H,9H2,1H3,(H,22,24)/t10-/m1/s1. The molecule has 2 amide bonds. The topological polar surface area (TPSA) is 44.7 Å². The van der Waals surface area contributed by atoms with Gasteiger partial charge in [-0.3, -0.25) is 4.99 Å². The summed E-state index contributed by atoms with van der Waals surface area (Å²) in [7, 11) is 0. The van der Waals surface area contributed by atoms with E-state index in [1.165, 1.54) is 16.7 Å². The lowest BCUT2D eigenvalue weighted by atomic mass is 10.3. The van der Waals surface area contributed by atoms with Crippen LogP contribution in [-0.4, -0.2) is 23.0 Å². The second kappa shape index (κ2) is 7.87. The number of benzene rings is 2. The first-order valence-corrected chi connectivity index (χ1v) is 9.58. The van der Waals surface area contributed by atoms with E-state index in [2.05, 4.69) is 10.3 Å². The normalized spacial score (nSPS) is 16.5. The molecule has 2 aromatic carbocycles. The summed E-state index contributed by atoms with van der Waals surface area (Å²) >= 11 is 19.4. The van der Waals surface area contributed by atoms with Crippen molar-refractivity contribution in [2.45, 2.75) is 13.0 Å². The molecule has 8 heteroatoms. The van der Waals surface area contributed by atoms with Crippen LogP contribution in [0.5, 0.6) is 0 Å². The maximum atomic E-state index is 12.9. The van der Waals surface area contributed by atoms with Crippen LogP contribution < -0.4 is 10.2 Å². The van der Waals surface area contributed by atoms with Crippen LogP contribution in [0, 0.1) is 0 Å². The molecule has 1 aliphatic heterocycles. The molecule has 4 nitrogen and oxygen atoms in total. The van der Waals surface area contributed by atoms with Gasteiger partial charge in [-0.25, -0.2) is 9.69 Å². The van der Waals surface area contributed by atoms with E-state index < -0.39 is 0 Å². The van der Waals surface area contributed by atoms with E-state index in [4.69, 9.17) is 34.8 Å². The average molecular weight is 415 g/mol. The maximum absolute atomic E-state index is 12.9. The summed E-state index contributed by atoms with van der Waals surface area (Å²) in [5.74, 6) is 0.833. The van der Waals surface area contributed by atoms with Crippen molar-refractivity contribution in [1.29, 1.82) is 0 Å². The van der Waals surface area contributed by atoms with Crippen LogP contribution in [0.15, 0.2) is 47.5 Å². The number of hydrogen-bond acceptors (Lipinski definition) is 3. The van der Waals surface area contributed by atoms with Crippen LogP contribution in [0.25, 0.3) is 0 Å². The molecule has 1 heterocycles.